The summed E-state index contributed by atoms with van der Waals surface area (Å²) in [5.74, 6) is 1.53. The van der Waals surface area contributed by atoms with E-state index in [0.29, 0.717) is 6.54 Å². The van der Waals surface area contributed by atoms with Crippen LogP contribution in [0.1, 0.15) is 38.5 Å². The molecule has 1 saturated carbocycles. The molecule has 0 aliphatic heterocycles. The first kappa shape index (κ1) is 13.1. The van der Waals surface area contributed by atoms with Gasteiger partial charge >= 0.3 is 0 Å². The predicted molar refractivity (Wildman–Crippen MR) is 72.7 cm³/mol. The maximum atomic E-state index is 10.5. The molecule has 5 nitrogen and oxygen atoms in total. The SMILES string of the molecule is CNc1cc(NCC2(O)CCCCCC2)ncn1. The van der Waals surface area contributed by atoms with E-state index in [1.165, 1.54) is 19.2 Å². The first-order valence-electron chi connectivity index (χ1n) is 6.68. The molecule has 0 radical (unpaired) electrons. The largest absolute Gasteiger partial charge is 0.388 e. The number of hydrogen-bond donors (Lipinski definition) is 3. The van der Waals surface area contributed by atoms with Gasteiger partial charge in [-0.25, -0.2) is 9.97 Å². The van der Waals surface area contributed by atoms with Crippen LogP contribution in [0.15, 0.2) is 12.4 Å². The third-order valence-electron chi connectivity index (χ3n) is 3.56. The van der Waals surface area contributed by atoms with Gasteiger partial charge in [0.25, 0.3) is 0 Å². The molecule has 0 amide bonds. The Labute approximate surface area is 108 Å². The van der Waals surface area contributed by atoms with E-state index < -0.39 is 5.60 Å². The summed E-state index contributed by atoms with van der Waals surface area (Å²) in [6.45, 7) is 0.563. The van der Waals surface area contributed by atoms with Crippen molar-refractivity contribution in [3.05, 3.63) is 12.4 Å². The molecule has 0 unspecified atom stereocenters. The summed E-state index contributed by atoms with van der Waals surface area (Å²) in [5, 5.41) is 16.7. The van der Waals surface area contributed by atoms with Gasteiger partial charge in [-0.1, -0.05) is 25.7 Å². The Bertz CT molecular complexity index is 375. The highest BCUT2D eigenvalue weighted by molar-refractivity contribution is 5.46. The summed E-state index contributed by atoms with van der Waals surface area (Å²) in [6.07, 6.45) is 7.98. The summed E-state index contributed by atoms with van der Waals surface area (Å²) in [6, 6.07) is 1.85. The normalized spacial score (nSPS) is 19.0. The Kier molecular flexibility index (Phi) is 4.36. The zero-order valence-corrected chi connectivity index (χ0v) is 10.9. The standard InChI is InChI=1S/C13H22N4O/c1-14-11-8-12(17-10-16-11)15-9-13(18)6-4-2-3-5-7-13/h8,10,18H,2-7,9H2,1H3,(H2,14,15,16,17). The second-order valence-electron chi connectivity index (χ2n) is 5.03. The predicted octanol–water partition coefficient (Wildman–Crippen LogP) is 2.02. The highest BCUT2D eigenvalue weighted by Gasteiger charge is 2.27. The zero-order chi connectivity index (χ0) is 12.8. The monoisotopic (exact) mass is 250 g/mol. The van der Waals surface area contributed by atoms with E-state index in [1.54, 1.807) is 0 Å². The molecule has 1 aliphatic carbocycles. The molecular formula is C13H22N4O. The second kappa shape index (κ2) is 6.00. The Hall–Kier alpha value is -1.36. The summed E-state index contributed by atoms with van der Waals surface area (Å²) >= 11 is 0. The van der Waals surface area contributed by atoms with Crippen LogP contribution >= 0.6 is 0 Å². The van der Waals surface area contributed by atoms with E-state index >= 15 is 0 Å². The smallest absolute Gasteiger partial charge is 0.131 e. The van der Waals surface area contributed by atoms with Crippen molar-refractivity contribution < 1.29 is 5.11 Å². The van der Waals surface area contributed by atoms with E-state index in [1.807, 2.05) is 13.1 Å². The quantitative estimate of drug-likeness (QED) is 0.713. The average Bonchev–Trinajstić information content (AvgIpc) is 2.62. The molecule has 3 N–H and O–H groups in total. The van der Waals surface area contributed by atoms with Crippen molar-refractivity contribution in [2.75, 3.05) is 24.2 Å². The van der Waals surface area contributed by atoms with Gasteiger partial charge in [-0.15, -0.1) is 0 Å². The molecule has 0 atom stereocenters. The molecule has 100 valence electrons. The van der Waals surface area contributed by atoms with Crippen molar-refractivity contribution in [1.82, 2.24) is 9.97 Å². The lowest BCUT2D eigenvalue weighted by atomic mass is 9.94. The van der Waals surface area contributed by atoms with Crippen LogP contribution in [0.2, 0.25) is 0 Å². The molecule has 1 aromatic heterocycles. The van der Waals surface area contributed by atoms with Gasteiger partial charge in [-0.2, -0.15) is 0 Å². The van der Waals surface area contributed by atoms with Crippen molar-refractivity contribution in [2.24, 2.45) is 0 Å². The van der Waals surface area contributed by atoms with Crippen LogP contribution in [0.25, 0.3) is 0 Å². The lowest BCUT2D eigenvalue weighted by molar-refractivity contribution is 0.0380. The lowest BCUT2D eigenvalue weighted by Gasteiger charge is -2.27. The Morgan fingerprint density at radius 3 is 2.50 bits per heavy atom. The van der Waals surface area contributed by atoms with Gasteiger partial charge in [0.1, 0.15) is 18.0 Å². The summed E-state index contributed by atoms with van der Waals surface area (Å²) in [7, 11) is 1.82. The van der Waals surface area contributed by atoms with Crippen molar-refractivity contribution in [3.8, 4) is 0 Å². The van der Waals surface area contributed by atoms with Crippen LogP contribution in [-0.2, 0) is 0 Å². The number of anilines is 2. The van der Waals surface area contributed by atoms with Crippen molar-refractivity contribution >= 4 is 11.6 Å². The van der Waals surface area contributed by atoms with Crippen LogP contribution in [0, 0.1) is 0 Å². The fraction of sp³-hybridized carbons (Fsp3) is 0.692. The van der Waals surface area contributed by atoms with Crippen molar-refractivity contribution in [1.29, 1.82) is 0 Å². The second-order valence-corrected chi connectivity index (χ2v) is 5.03. The molecule has 0 spiro atoms. The molecule has 0 aromatic carbocycles. The first-order valence-corrected chi connectivity index (χ1v) is 6.68. The van der Waals surface area contributed by atoms with Gasteiger partial charge in [0.2, 0.25) is 0 Å². The number of aliphatic hydroxyl groups is 1. The maximum Gasteiger partial charge on any atom is 0.131 e. The van der Waals surface area contributed by atoms with Gasteiger partial charge in [-0.05, 0) is 12.8 Å². The first-order chi connectivity index (χ1) is 8.72. The molecule has 18 heavy (non-hydrogen) atoms. The highest BCUT2D eigenvalue weighted by Crippen LogP contribution is 2.27. The topological polar surface area (TPSA) is 70.1 Å². The summed E-state index contributed by atoms with van der Waals surface area (Å²) < 4.78 is 0. The van der Waals surface area contributed by atoms with Crippen molar-refractivity contribution in [2.45, 2.75) is 44.1 Å². The summed E-state index contributed by atoms with van der Waals surface area (Å²) in [5.41, 5.74) is -0.582. The van der Waals surface area contributed by atoms with Crippen molar-refractivity contribution in [3.63, 3.8) is 0 Å². The molecule has 1 aromatic rings. The van der Waals surface area contributed by atoms with Crippen LogP contribution in [-0.4, -0.2) is 34.3 Å². The van der Waals surface area contributed by atoms with Crippen LogP contribution in [0.5, 0.6) is 0 Å². The number of nitrogens with zero attached hydrogens (tertiary/aromatic N) is 2. The Morgan fingerprint density at radius 2 is 1.83 bits per heavy atom. The minimum Gasteiger partial charge on any atom is -0.388 e. The molecule has 1 heterocycles. The lowest BCUT2D eigenvalue weighted by Crippen LogP contribution is -2.36. The molecule has 2 rings (SSSR count). The zero-order valence-electron chi connectivity index (χ0n) is 10.9. The average molecular weight is 250 g/mol. The van der Waals surface area contributed by atoms with Gasteiger partial charge < -0.3 is 15.7 Å². The molecule has 1 fully saturated rings. The van der Waals surface area contributed by atoms with Crippen LogP contribution < -0.4 is 10.6 Å². The fourth-order valence-corrected chi connectivity index (χ4v) is 2.41. The van der Waals surface area contributed by atoms with Gasteiger partial charge in [-0.3, -0.25) is 0 Å². The number of aromatic nitrogens is 2. The molecular weight excluding hydrogens is 228 g/mol. The van der Waals surface area contributed by atoms with E-state index in [0.717, 1.165) is 37.3 Å². The van der Waals surface area contributed by atoms with E-state index in [2.05, 4.69) is 20.6 Å². The minimum atomic E-state index is -0.582. The molecule has 0 bridgehead atoms. The number of hydrogen-bond acceptors (Lipinski definition) is 5. The molecule has 1 aliphatic rings. The Morgan fingerprint density at radius 1 is 1.17 bits per heavy atom. The molecule has 5 heteroatoms. The van der Waals surface area contributed by atoms with E-state index in [-0.39, 0.29) is 0 Å². The Balaban J connectivity index is 1.92. The highest BCUT2D eigenvalue weighted by atomic mass is 16.3. The van der Waals surface area contributed by atoms with Crippen LogP contribution in [0.4, 0.5) is 11.6 Å². The van der Waals surface area contributed by atoms with Gasteiger partial charge in [0, 0.05) is 19.7 Å². The third kappa shape index (κ3) is 3.57. The minimum absolute atomic E-state index is 0.563. The fourth-order valence-electron chi connectivity index (χ4n) is 2.41. The third-order valence-corrected chi connectivity index (χ3v) is 3.56. The van der Waals surface area contributed by atoms with E-state index in [9.17, 15) is 5.11 Å². The molecule has 0 saturated heterocycles. The number of rotatable bonds is 4. The van der Waals surface area contributed by atoms with E-state index in [4.69, 9.17) is 0 Å². The van der Waals surface area contributed by atoms with Gasteiger partial charge in [0.15, 0.2) is 0 Å². The van der Waals surface area contributed by atoms with Gasteiger partial charge in [0.05, 0.1) is 5.60 Å². The number of nitrogens with one attached hydrogen (secondary N) is 2. The maximum absolute atomic E-state index is 10.5. The van der Waals surface area contributed by atoms with Crippen LogP contribution in [0.3, 0.4) is 0 Å². The summed E-state index contributed by atoms with van der Waals surface area (Å²) in [4.78, 5) is 8.21.